The first kappa shape index (κ1) is 21.5. The van der Waals surface area contributed by atoms with Crippen LogP contribution in [0.5, 0.6) is 17.2 Å². The maximum atomic E-state index is 5.61. The lowest BCUT2D eigenvalue weighted by Crippen LogP contribution is -2.13. The predicted molar refractivity (Wildman–Crippen MR) is 125 cm³/mol. The molecule has 7 nitrogen and oxygen atoms in total. The first-order chi connectivity index (χ1) is 15.6. The van der Waals surface area contributed by atoms with Gasteiger partial charge in [0.05, 0.1) is 39.0 Å². The van der Waals surface area contributed by atoms with Gasteiger partial charge in [-0.3, -0.25) is 0 Å². The molecular weight excluding hydrogens is 426 g/mol. The summed E-state index contributed by atoms with van der Waals surface area (Å²) in [6, 6.07) is 16.9. The topological polar surface area (TPSA) is 70.5 Å². The van der Waals surface area contributed by atoms with Crippen LogP contribution in [0.25, 0.3) is 11.3 Å². The molecule has 0 bridgehead atoms. The Morgan fingerprint density at radius 2 is 1.69 bits per heavy atom. The normalized spacial score (nSPS) is 12.1. The minimum Gasteiger partial charge on any atom is -0.497 e. The number of rotatable bonds is 7. The van der Waals surface area contributed by atoms with E-state index >= 15 is 0 Å². The van der Waals surface area contributed by atoms with E-state index in [0.717, 1.165) is 28.4 Å². The molecule has 0 saturated heterocycles. The Balaban J connectivity index is 1.92. The van der Waals surface area contributed by atoms with Crippen molar-refractivity contribution < 1.29 is 18.6 Å². The van der Waals surface area contributed by atoms with Crippen molar-refractivity contribution in [1.29, 1.82) is 0 Å². The quantitative estimate of drug-likeness (QED) is 0.357. The molecule has 0 N–H and O–H groups in total. The fourth-order valence-corrected chi connectivity index (χ4v) is 3.97. The molecule has 4 rings (SSSR count). The second-order valence-electron chi connectivity index (χ2n) is 6.75. The summed E-state index contributed by atoms with van der Waals surface area (Å²) in [7, 11) is 4.91. The van der Waals surface area contributed by atoms with Gasteiger partial charge in [-0.1, -0.05) is 0 Å². The van der Waals surface area contributed by atoms with Gasteiger partial charge in [-0.2, -0.15) is 5.10 Å². The third kappa shape index (κ3) is 4.45. The maximum absolute atomic E-state index is 5.61. The lowest BCUT2D eigenvalue weighted by Gasteiger charge is -2.11. The molecule has 0 aliphatic carbocycles. The van der Waals surface area contributed by atoms with Gasteiger partial charge >= 0.3 is 0 Å². The lowest BCUT2D eigenvalue weighted by atomic mass is 10.1. The number of hydrogen-bond donors (Lipinski definition) is 0. The van der Waals surface area contributed by atoms with E-state index in [4.69, 9.17) is 28.7 Å². The standard InChI is InChI=1S/C24H23N3O4S/c1-16(22-6-5-13-31-22)26-27-21(20-14-19(29-3)11-12-23(20)30-4)15-32-24(27)25-17-7-9-18(28-2)10-8-17/h5-15H,1-4H3. The Hall–Kier alpha value is -3.78. The molecule has 0 fully saturated rings. The number of thiazole rings is 1. The number of hydrogen-bond acceptors (Lipinski definition) is 7. The van der Waals surface area contributed by atoms with Crippen LogP contribution in [0.1, 0.15) is 12.7 Å². The molecule has 0 atom stereocenters. The summed E-state index contributed by atoms with van der Waals surface area (Å²) in [6.45, 7) is 1.90. The van der Waals surface area contributed by atoms with Gasteiger partial charge in [0.15, 0.2) is 0 Å². The summed E-state index contributed by atoms with van der Waals surface area (Å²) in [4.78, 5) is 5.51. The Labute approximate surface area is 189 Å². The molecule has 2 aromatic carbocycles. The second-order valence-corrected chi connectivity index (χ2v) is 7.59. The molecule has 0 aliphatic rings. The van der Waals surface area contributed by atoms with E-state index in [1.807, 2.05) is 66.9 Å². The van der Waals surface area contributed by atoms with E-state index in [0.29, 0.717) is 22.0 Å². The molecule has 0 saturated carbocycles. The number of ether oxygens (including phenoxy) is 3. The van der Waals surface area contributed by atoms with Crippen LogP contribution in [0, 0.1) is 0 Å². The first-order valence-corrected chi connectivity index (χ1v) is 10.7. The fourth-order valence-electron chi connectivity index (χ4n) is 3.12. The van der Waals surface area contributed by atoms with Crippen LogP contribution in [0.15, 0.2) is 80.8 Å². The smallest absolute Gasteiger partial charge is 0.211 e. The molecule has 0 radical (unpaired) electrons. The monoisotopic (exact) mass is 449 g/mol. The SMILES string of the molecule is COc1ccc(N=c2scc(-c3cc(OC)ccc3OC)n2N=C(C)c2ccco2)cc1. The molecule has 2 heterocycles. The lowest BCUT2D eigenvalue weighted by molar-refractivity contribution is 0.404. The van der Waals surface area contributed by atoms with Crippen LogP contribution in [-0.2, 0) is 0 Å². The van der Waals surface area contributed by atoms with Gasteiger partial charge in [-0.15, -0.1) is 11.3 Å². The van der Waals surface area contributed by atoms with Gasteiger partial charge < -0.3 is 18.6 Å². The molecule has 32 heavy (non-hydrogen) atoms. The molecule has 8 heteroatoms. The number of furan rings is 1. The Morgan fingerprint density at radius 3 is 2.34 bits per heavy atom. The highest BCUT2D eigenvalue weighted by atomic mass is 32.1. The third-order valence-electron chi connectivity index (χ3n) is 4.79. The zero-order valence-corrected chi connectivity index (χ0v) is 19.1. The second kappa shape index (κ2) is 9.57. The summed E-state index contributed by atoms with van der Waals surface area (Å²) >= 11 is 1.48. The van der Waals surface area contributed by atoms with E-state index in [1.165, 1.54) is 11.3 Å². The Bertz CT molecular complexity index is 1290. The number of aromatic nitrogens is 1. The number of methoxy groups -OCH3 is 3. The molecule has 0 amide bonds. The van der Waals surface area contributed by atoms with Gasteiger partial charge in [-0.05, 0) is 61.5 Å². The van der Waals surface area contributed by atoms with Gasteiger partial charge in [0.1, 0.15) is 28.7 Å². The zero-order chi connectivity index (χ0) is 22.5. The number of nitrogens with zero attached hydrogens (tertiary/aromatic N) is 3. The Morgan fingerprint density at radius 1 is 0.938 bits per heavy atom. The van der Waals surface area contributed by atoms with E-state index in [-0.39, 0.29) is 0 Å². The molecular formula is C24H23N3O4S. The minimum atomic E-state index is 0.683. The summed E-state index contributed by atoms with van der Waals surface area (Å²) in [5.41, 5.74) is 3.17. The van der Waals surface area contributed by atoms with Crippen LogP contribution < -0.4 is 19.0 Å². The maximum Gasteiger partial charge on any atom is 0.211 e. The first-order valence-electron chi connectivity index (χ1n) is 9.84. The van der Waals surface area contributed by atoms with E-state index in [1.54, 1.807) is 32.3 Å². The molecule has 0 unspecified atom stereocenters. The van der Waals surface area contributed by atoms with Crippen LogP contribution in [-0.4, -0.2) is 31.7 Å². The third-order valence-corrected chi connectivity index (χ3v) is 5.61. The van der Waals surface area contributed by atoms with E-state index in [2.05, 4.69) is 0 Å². The predicted octanol–water partition coefficient (Wildman–Crippen LogP) is 5.34. The molecule has 0 spiro atoms. The van der Waals surface area contributed by atoms with Crippen molar-refractivity contribution in [1.82, 2.24) is 4.68 Å². The number of benzene rings is 2. The van der Waals surface area contributed by atoms with Gasteiger partial charge in [0, 0.05) is 10.9 Å². The summed E-state index contributed by atoms with van der Waals surface area (Å²) in [5.74, 6) is 2.89. The van der Waals surface area contributed by atoms with Gasteiger partial charge in [-0.25, -0.2) is 9.67 Å². The van der Waals surface area contributed by atoms with E-state index < -0.39 is 0 Å². The average Bonchev–Trinajstić information content (AvgIpc) is 3.50. The molecule has 164 valence electrons. The highest BCUT2D eigenvalue weighted by Crippen LogP contribution is 2.34. The average molecular weight is 450 g/mol. The Kier molecular flexibility index (Phi) is 6.42. The largest absolute Gasteiger partial charge is 0.497 e. The van der Waals surface area contributed by atoms with Crippen LogP contribution >= 0.6 is 11.3 Å². The van der Waals surface area contributed by atoms with Crippen LogP contribution in [0.2, 0.25) is 0 Å². The highest BCUT2D eigenvalue weighted by Gasteiger charge is 2.15. The van der Waals surface area contributed by atoms with E-state index in [9.17, 15) is 0 Å². The zero-order valence-electron chi connectivity index (χ0n) is 18.2. The highest BCUT2D eigenvalue weighted by molar-refractivity contribution is 7.07. The summed E-state index contributed by atoms with van der Waals surface area (Å²) in [5, 5.41) is 6.83. The van der Waals surface area contributed by atoms with Crippen molar-refractivity contribution >= 4 is 22.7 Å². The van der Waals surface area contributed by atoms with Crippen molar-refractivity contribution in [3.8, 4) is 28.5 Å². The fraction of sp³-hybridized carbons (Fsp3) is 0.167. The van der Waals surface area contributed by atoms with Crippen molar-refractivity contribution in [2.24, 2.45) is 10.1 Å². The van der Waals surface area contributed by atoms with Crippen molar-refractivity contribution in [3.63, 3.8) is 0 Å². The summed E-state index contributed by atoms with van der Waals surface area (Å²) in [6.07, 6.45) is 1.63. The molecule has 4 aromatic rings. The van der Waals surface area contributed by atoms with Crippen LogP contribution in [0.3, 0.4) is 0 Å². The molecule has 2 aromatic heterocycles. The molecule has 0 aliphatic heterocycles. The van der Waals surface area contributed by atoms with Gasteiger partial charge in [0.2, 0.25) is 4.80 Å². The van der Waals surface area contributed by atoms with Gasteiger partial charge in [0.25, 0.3) is 0 Å². The van der Waals surface area contributed by atoms with Crippen molar-refractivity contribution in [2.45, 2.75) is 6.92 Å². The van der Waals surface area contributed by atoms with Crippen LogP contribution in [0.4, 0.5) is 5.69 Å². The summed E-state index contributed by atoms with van der Waals surface area (Å²) < 4.78 is 23.6. The van der Waals surface area contributed by atoms with Crippen molar-refractivity contribution in [3.05, 3.63) is 76.8 Å². The minimum absolute atomic E-state index is 0.683. The van der Waals surface area contributed by atoms with Crippen molar-refractivity contribution in [2.75, 3.05) is 21.3 Å².